The minimum atomic E-state index is -0.667. The average molecular weight is 356 g/mol. The lowest BCUT2D eigenvalue weighted by atomic mass is 10.0. The van der Waals surface area contributed by atoms with E-state index in [9.17, 15) is 25.2 Å². The Bertz CT molecular complexity index is 947. The van der Waals surface area contributed by atoms with Crippen molar-refractivity contribution < 1.29 is 30.0 Å². The highest BCUT2D eigenvalue weighted by molar-refractivity contribution is 6.04. The van der Waals surface area contributed by atoms with Gasteiger partial charge in [-0.25, -0.2) is 4.79 Å². The lowest BCUT2D eigenvalue weighted by Gasteiger charge is -2.14. The highest BCUT2D eigenvalue weighted by Crippen LogP contribution is 2.46. The quantitative estimate of drug-likeness (QED) is 0.216. The number of hydrogen-bond acceptors (Lipinski definition) is 6. The van der Waals surface area contributed by atoms with Crippen molar-refractivity contribution in [3.05, 3.63) is 53.6 Å². The Labute approximate surface area is 150 Å². The molecular formula is C20H20O6. The number of fused-ring (bicyclic) bond motifs is 1. The van der Waals surface area contributed by atoms with Gasteiger partial charge in [-0.2, -0.15) is 0 Å². The predicted octanol–water partition coefficient (Wildman–Crippen LogP) is 4.09. The zero-order valence-corrected chi connectivity index (χ0v) is 14.6. The van der Waals surface area contributed by atoms with Crippen molar-refractivity contribution in [1.82, 2.24) is 0 Å². The van der Waals surface area contributed by atoms with Crippen molar-refractivity contribution in [3.8, 4) is 23.0 Å². The van der Waals surface area contributed by atoms with Crippen molar-refractivity contribution in [2.45, 2.75) is 20.8 Å². The summed E-state index contributed by atoms with van der Waals surface area (Å²) in [7, 11) is 0. The molecule has 2 aromatic carbocycles. The van der Waals surface area contributed by atoms with Crippen LogP contribution in [0.2, 0.25) is 0 Å². The molecule has 0 spiro atoms. The van der Waals surface area contributed by atoms with Crippen molar-refractivity contribution in [2.24, 2.45) is 0 Å². The third-order valence-corrected chi connectivity index (χ3v) is 3.54. The Balaban J connectivity index is 2.76. The van der Waals surface area contributed by atoms with Crippen molar-refractivity contribution in [2.75, 3.05) is 0 Å². The predicted molar refractivity (Wildman–Crippen MR) is 98.9 cm³/mol. The first-order valence-electron chi connectivity index (χ1n) is 7.85. The first-order valence-corrected chi connectivity index (χ1v) is 7.85. The molecule has 0 unspecified atom stereocenters. The molecule has 0 atom stereocenters. The van der Waals surface area contributed by atoms with E-state index in [4.69, 9.17) is 4.74 Å². The van der Waals surface area contributed by atoms with Crippen molar-refractivity contribution in [1.29, 1.82) is 0 Å². The molecule has 2 rings (SSSR count). The van der Waals surface area contributed by atoms with Crippen LogP contribution in [0.25, 0.3) is 16.5 Å². The third kappa shape index (κ3) is 3.80. The van der Waals surface area contributed by atoms with Gasteiger partial charge in [0.1, 0.15) is 28.8 Å². The number of phenolic OH excluding ortho intramolecular Hbond substituents is 4. The normalized spacial score (nSPS) is 11.7. The molecule has 0 aliphatic heterocycles. The Morgan fingerprint density at radius 3 is 2.15 bits per heavy atom. The summed E-state index contributed by atoms with van der Waals surface area (Å²) in [5, 5.41) is 40.6. The van der Waals surface area contributed by atoms with Crippen LogP contribution in [-0.4, -0.2) is 26.4 Å². The monoisotopic (exact) mass is 356 g/mol. The number of esters is 1. The Morgan fingerprint density at radius 2 is 1.58 bits per heavy atom. The number of carbonyl (C=O) groups excluding carboxylic acids is 1. The highest BCUT2D eigenvalue weighted by atomic mass is 16.5. The fraction of sp³-hybridized carbons (Fsp3) is 0.150. The Morgan fingerprint density at radius 1 is 0.962 bits per heavy atom. The summed E-state index contributed by atoms with van der Waals surface area (Å²) in [5.74, 6) is -2.15. The summed E-state index contributed by atoms with van der Waals surface area (Å²) < 4.78 is 5.26. The molecule has 0 saturated carbocycles. The number of hydrogen-bond donors (Lipinski definition) is 4. The molecule has 6 heteroatoms. The Kier molecular flexibility index (Phi) is 5.57. The van der Waals surface area contributed by atoms with Crippen LogP contribution in [0.3, 0.4) is 0 Å². The van der Waals surface area contributed by atoms with E-state index in [0.717, 1.165) is 11.6 Å². The smallest absolute Gasteiger partial charge is 0.335 e. The topological polar surface area (TPSA) is 107 Å². The SMILES string of the molecule is CC=CC(=O)OC(=CC=C(C)C)c1cc(O)c2c(O)ccc(O)c2c1O. The van der Waals surface area contributed by atoms with E-state index in [-0.39, 0.29) is 39.3 Å². The van der Waals surface area contributed by atoms with Gasteiger partial charge in [-0.3, -0.25) is 0 Å². The van der Waals surface area contributed by atoms with Crippen LogP contribution in [0, 0.1) is 0 Å². The number of aromatic hydroxyl groups is 4. The van der Waals surface area contributed by atoms with Gasteiger partial charge in [0.2, 0.25) is 0 Å². The summed E-state index contributed by atoms with van der Waals surface area (Å²) in [6.07, 6.45) is 5.85. The number of ether oxygens (including phenoxy) is 1. The third-order valence-electron chi connectivity index (χ3n) is 3.54. The van der Waals surface area contributed by atoms with Gasteiger partial charge in [-0.05, 0) is 45.0 Å². The van der Waals surface area contributed by atoms with Crippen LogP contribution >= 0.6 is 0 Å². The molecule has 0 amide bonds. The number of allylic oxidation sites excluding steroid dienone is 4. The van der Waals surface area contributed by atoms with Gasteiger partial charge in [0.25, 0.3) is 0 Å². The summed E-state index contributed by atoms with van der Waals surface area (Å²) in [6.45, 7) is 5.33. The van der Waals surface area contributed by atoms with Crippen molar-refractivity contribution in [3.63, 3.8) is 0 Å². The standard InChI is InChI=1S/C20H20O6/c1-4-5-17(24)26-16(9-6-11(2)3)12-10-15(23)18-13(21)7-8-14(22)19(18)20(12)25/h4-10,21-23,25H,1-3H3. The maximum Gasteiger partial charge on any atom is 0.335 e. The molecule has 0 aliphatic carbocycles. The molecule has 0 saturated heterocycles. The minimum absolute atomic E-state index is 0.00810. The van der Waals surface area contributed by atoms with E-state index in [1.807, 2.05) is 13.8 Å². The van der Waals surface area contributed by atoms with Gasteiger partial charge in [0.15, 0.2) is 0 Å². The summed E-state index contributed by atoms with van der Waals surface area (Å²) in [6, 6.07) is 3.54. The zero-order chi connectivity index (χ0) is 19.4. The van der Waals surface area contributed by atoms with Gasteiger partial charge < -0.3 is 25.2 Å². The second kappa shape index (κ2) is 7.65. The van der Waals surface area contributed by atoms with Gasteiger partial charge in [-0.1, -0.05) is 17.7 Å². The van der Waals surface area contributed by atoms with Crippen LogP contribution in [-0.2, 0) is 9.53 Å². The fourth-order valence-electron chi connectivity index (χ4n) is 2.38. The first-order chi connectivity index (χ1) is 12.3. The van der Waals surface area contributed by atoms with E-state index in [1.54, 1.807) is 13.0 Å². The Hall–Kier alpha value is -3.41. The fourth-order valence-corrected chi connectivity index (χ4v) is 2.38. The van der Waals surface area contributed by atoms with Crippen LogP contribution in [0.1, 0.15) is 26.3 Å². The number of benzene rings is 2. The van der Waals surface area contributed by atoms with Gasteiger partial charge in [-0.15, -0.1) is 0 Å². The van der Waals surface area contributed by atoms with E-state index < -0.39 is 11.7 Å². The zero-order valence-electron chi connectivity index (χ0n) is 14.6. The molecule has 4 N–H and O–H groups in total. The highest BCUT2D eigenvalue weighted by Gasteiger charge is 2.21. The number of carbonyl (C=O) groups is 1. The molecule has 0 fully saturated rings. The molecule has 0 bridgehead atoms. The van der Waals surface area contributed by atoms with E-state index in [1.165, 1.54) is 30.4 Å². The molecule has 0 aromatic heterocycles. The molecule has 26 heavy (non-hydrogen) atoms. The van der Waals surface area contributed by atoms with Crippen LogP contribution in [0.15, 0.2) is 48.1 Å². The van der Waals surface area contributed by atoms with Crippen LogP contribution in [0.5, 0.6) is 23.0 Å². The van der Waals surface area contributed by atoms with Crippen molar-refractivity contribution >= 4 is 22.5 Å². The summed E-state index contributed by atoms with van der Waals surface area (Å²) in [5.41, 5.74) is 0.904. The second-order valence-electron chi connectivity index (χ2n) is 5.84. The maximum absolute atomic E-state index is 11.8. The van der Waals surface area contributed by atoms with Gasteiger partial charge >= 0.3 is 5.97 Å². The summed E-state index contributed by atoms with van der Waals surface area (Å²) >= 11 is 0. The number of rotatable bonds is 4. The first kappa shape index (κ1) is 18.9. The van der Waals surface area contributed by atoms with Gasteiger partial charge in [0.05, 0.1) is 16.3 Å². The maximum atomic E-state index is 11.8. The number of phenols is 4. The minimum Gasteiger partial charge on any atom is -0.507 e. The lowest BCUT2D eigenvalue weighted by molar-refractivity contribution is -0.131. The summed E-state index contributed by atoms with van der Waals surface area (Å²) in [4.78, 5) is 11.8. The molecular weight excluding hydrogens is 336 g/mol. The van der Waals surface area contributed by atoms with E-state index >= 15 is 0 Å². The molecule has 0 heterocycles. The second-order valence-corrected chi connectivity index (χ2v) is 5.84. The largest absolute Gasteiger partial charge is 0.507 e. The average Bonchev–Trinajstić information content (AvgIpc) is 2.57. The lowest BCUT2D eigenvalue weighted by Crippen LogP contribution is -2.01. The van der Waals surface area contributed by atoms with Gasteiger partial charge in [0, 0.05) is 6.08 Å². The molecule has 2 aromatic rings. The molecule has 6 nitrogen and oxygen atoms in total. The molecule has 0 radical (unpaired) electrons. The van der Waals surface area contributed by atoms with Crippen LogP contribution in [0.4, 0.5) is 0 Å². The molecule has 0 aliphatic rings. The van der Waals surface area contributed by atoms with E-state index in [2.05, 4.69) is 0 Å². The van der Waals surface area contributed by atoms with E-state index in [0.29, 0.717) is 0 Å². The molecule has 136 valence electrons. The van der Waals surface area contributed by atoms with Crippen LogP contribution < -0.4 is 0 Å².